The van der Waals surface area contributed by atoms with E-state index >= 15 is 4.39 Å². The molecule has 0 saturated heterocycles. The molecule has 0 unspecified atom stereocenters. The highest BCUT2D eigenvalue weighted by Gasteiger charge is 2.67. The van der Waals surface area contributed by atoms with E-state index in [4.69, 9.17) is 39.5 Å². The van der Waals surface area contributed by atoms with Crippen LogP contribution in [0.3, 0.4) is 0 Å². The van der Waals surface area contributed by atoms with Crippen LogP contribution in [-0.4, -0.2) is 28.9 Å². The molecule has 3 atom stereocenters. The van der Waals surface area contributed by atoms with E-state index in [1.807, 2.05) is 0 Å². The summed E-state index contributed by atoms with van der Waals surface area (Å²) in [5.74, 6) is -7.23. The summed E-state index contributed by atoms with van der Waals surface area (Å²) < 4.78 is 86.1. The Kier molecular flexibility index (Phi) is 9.99. The molecule has 236 valence electrons. The molecule has 2 amide bonds. The van der Waals surface area contributed by atoms with Gasteiger partial charge in [-0.15, -0.1) is 23.2 Å². The second kappa shape index (κ2) is 13.0. The van der Waals surface area contributed by atoms with Gasteiger partial charge in [-0.05, 0) is 67.4 Å². The number of hydrogen-bond donors (Lipinski definition) is 3. The van der Waals surface area contributed by atoms with E-state index in [1.165, 1.54) is 25.1 Å². The zero-order valence-corrected chi connectivity index (χ0v) is 25.2. The van der Waals surface area contributed by atoms with Crippen LogP contribution in [0.5, 0.6) is 0 Å². The molecule has 0 radical (unpaired) electrons. The number of amides is 2. The standard InChI is InChI=1S/C29H24Cl3F6N3O3/c1-3-44-13(2)26(42)41-25-20(34)8-9-21(24(25)35)39-12-15-10-16(5-6-18(15)30)40-27(43)23-22(28(23,31)32)14-4-7-19(33)17(11-14)29(36,37)38/h4-11,13,22-23,39H,3,12H2,1-2H3,(H,40,43)(H,41,42)/t13-,22+,23-/m1/s1. The first kappa shape index (κ1) is 33.7. The monoisotopic (exact) mass is 681 g/mol. The molecule has 0 bridgehead atoms. The van der Waals surface area contributed by atoms with Crippen LogP contribution in [0.2, 0.25) is 5.02 Å². The number of rotatable bonds is 10. The smallest absolute Gasteiger partial charge is 0.378 e. The molecule has 44 heavy (non-hydrogen) atoms. The minimum atomic E-state index is -4.96. The molecule has 1 fully saturated rings. The van der Waals surface area contributed by atoms with Crippen molar-refractivity contribution >= 4 is 63.7 Å². The van der Waals surface area contributed by atoms with Crippen LogP contribution in [-0.2, 0) is 27.0 Å². The molecular weight excluding hydrogens is 659 g/mol. The van der Waals surface area contributed by atoms with Crippen LogP contribution in [0.15, 0.2) is 48.5 Å². The van der Waals surface area contributed by atoms with Gasteiger partial charge < -0.3 is 20.7 Å². The maximum Gasteiger partial charge on any atom is 0.419 e. The lowest BCUT2D eigenvalue weighted by molar-refractivity contribution is -0.140. The Balaban J connectivity index is 1.47. The van der Waals surface area contributed by atoms with Gasteiger partial charge in [0, 0.05) is 29.8 Å². The maximum absolute atomic E-state index is 15.1. The van der Waals surface area contributed by atoms with E-state index < -0.39 is 69.0 Å². The second-order valence-electron chi connectivity index (χ2n) is 9.89. The predicted molar refractivity (Wildman–Crippen MR) is 156 cm³/mol. The van der Waals surface area contributed by atoms with Gasteiger partial charge in [-0.3, -0.25) is 9.59 Å². The fourth-order valence-corrected chi connectivity index (χ4v) is 5.59. The summed E-state index contributed by atoms with van der Waals surface area (Å²) in [5.41, 5.74) is -1.83. The molecule has 15 heteroatoms. The van der Waals surface area contributed by atoms with Gasteiger partial charge in [0.1, 0.15) is 27.8 Å². The number of carbonyl (C=O) groups is 2. The fourth-order valence-electron chi connectivity index (χ4n) is 4.57. The van der Waals surface area contributed by atoms with E-state index in [1.54, 1.807) is 6.92 Å². The molecule has 0 heterocycles. The van der Waals surface area contributed by atoms with Gasteiger partial charge in [0.15, 0.2) is 5.82 Å². The number of nitrogens with one attached hydrogen (secondary N) is 3. The second-order valence-corrected chi connectivity index (χ2v) is 11.7. The van der Waals surface area contributed by atoms with Gasteiger partial charge in [0.05, 0.1) is 17.2 Å². The molecule has 1 aliphatic carbocycles. The summed E-state index contributed by atoms with van der Waals surface area (Å²) in [7, 11) is 0. The third-order valence-corrected chi connectivity index (χ3v) is 8.21. The Bertz CT molecular complexity index is 1590. The SMILES string of the molecule is CCO[C@H](C)C(=O)Nc1c(F)ccc(NCc2cc(NC(=O)[C@H]3[C@H](c4ccc(F)c(C(F)(F)F)c4)C3(Cl)Cl)ccc2Cl)c1F. The van der Waals surface area contributed by atoms with Crippen molar-refractivity contribution in [2.24, 2.45) is 5.92 Å². The number of hydrogen-bond acceptors (Lipinski definition) is 4. The number of anilines is 3. The summed E-state index contributed by atoms with van der Waals surface area (Å²) in [5, 5.41) is 7.73. The van der Waals surface area contributed by atoms with Crippen LogP contribution < -0.4 is 16.0 Å². The zero-order valence-electron chi connectivity index (χ0n) is 22.9. The van der Waals surface area contributed by atoms with Crippen molar-refractivity contribution in [1.29, 1.82) is 0 Å². The van der Waals surface area contributed by atoms with Gasteiger partial charge in [-0.2, -0.15) is 13.2 Å². The van der Waals surface area contributed by atoms with E-state index in [-0.39, 0.29) is 35.1 Å². The minimum Gasteiger partial charge on any atom is -0.378 e. The Labute approximate surface area is 263 Å². The van der Waals surface area contributed by atoms with E-state index in [2.05, 4.69) is 16.0 Å². The first-order valence-corrected chi connectivity index (χ1v) is 14.2. The molecule has 0 aromatic heterocycles. The number of carbonyl (C=O) groups excluding carboxylic acids is 2. The lowest BCUT2D eigenvalue weighted by Gasteiger charge is -2.16. The molecule has 3 aromatic carbocycles. The third-order valence-electron chi connectivity index (χ3n) is 6.90. The van der Waals surface area contributed by atoms with Gasteiger partial charge in [-0.25, -0.2) is 13.2 Å². The van der Waals surface area contributed by atoms with Gasteiger partial charge in [0.25, 0.3) is 5.91 Å². The lowest BCUT2D eigenvalue weighted by Crippen LogP contribution is -2.28. The number of halogens is 9. The van der Waals surface area contributed by atoms with Crippen molar-refractivity contribution in [2.45, 2.75) is 42.9 Å². The molecule has 0 spiro atoms. The largest absolute Gasteiger partial charge is 0.419 e. The minimum absolute atomic E-state index is 0.0610. The number of ether oxygens (including phenoxy) is 1. The van der Waals surface area contributed by atoms with Gasteiger partial charge in [-0.1, -0.05) is 17.7 Å². The molecule has 0 aliphatic heterocycles. The van der Waals surface area contributed by atoms with E-state index in [0.29, 0.717) is 17.7 Å². The normalized spacial score (nSPS) is 18.0. The van der Waals surface area contributed by atoms with Crippen molar-refractivity contribution in [3.8, 4) is 0 Å². The van der Waals surface area contributed by atoms with Gasteiger partial charge >= 0.3 is 6.18 Å². The van der Waals surface area contributed by atoms with E-state index in [0.717, 1.165) is 18.2 Å². The first-order chi connectivity index (χ1) is 20.6. The fraction of sp³-hybridized carbons (Fsp3) is 0.310. The molecule has 1 aliphatic rings. The lowest BCUT2D eigenvalue weighted by atomic mass is 10.0. The zero-order chi connectivity index (χ0) is 32.6. The van der Waals surface area contributed by atoms with Crippen LogP contribution in [0.1, 0.15) is 36.5 Å². The Morgan fingerprint density at radius 3 is 2.34 bits per heavy atom. The summed E-state index contributed by atoms with van der Waals surface area (Å²) in [6, 6.07) is 8.70. The highest BCUT2D eigenvalue weighted by Crippen LogP contribution is 2.65. The maximum atomic E-state index is 15.1. The average Bonchev–Trinajstić information content (AvgIpc) is 3.53. The molecule has 4 rings (SSSR count). The van der Waals surface area contributed by atoms with Crippen LogP contribution in [0.25, 0.3) is 0 Å². The van der Waals surface area contributed by atoms with E-state index in [9.17, 15) is 31.5 Å². The third kappa shape index (κ3) is 7.20. The molecule has 3 aromatic rings. The molecule has 6 nitrogen and oxygen atoms in total. The van der Waals surface area contributed by atoms with Crippen LogP contribution in [0.4, 0.5) is 43.4 Å². The number of alkyl halides is 5. The van der Waals surface area contributed by atoms with Crippen molar-refractivity contribution in [2.75, 3.05) is 22.6 Å². The molecule has 1 saturated carbocycles. The Hall–Kier alpha value is -3.19. The highest BCUT2D eigenvalue weighted by atomic mass is 35.5. The molecular formula is C29H24Cl3F6N3O3. The average molecular weight is 683 g/mol. The van der Waals surface area contributed by atoms with Crippen LogP contribution in [0, 0.1) is 23.4 Å². The van der Waals surface area contributed by atoms with Crippen molar-refractivity contribution < 1.29 is 40.7 Å². The summed E-state index contributed by atoms with van der Waals surface area (Å²) in [4.78, 5) is 25.2. The predicted octanol–water partition coefficient (Wildman–Crippen LogP) is 8.28. The molecule has 3 N–H and O–H groups in total. The topological polar surface area (TPSA) is 79.5 Å². The first-order valence-electron chi connectivity index (χ1n) is 13.0. The van der Waals surface area contributed by atoms with Crippen molar-refractivity contribution in [3.63, 3.8) is 0 Å². The quantitative estimate of drug-likeness (QED) is 0.149. The summed E-state index contributed by atoms with van der Waals surface area (Å²) in [6.07, 6.45) is -5.91. The van der Waals surface area contributed by atoms with Gasteiger partial charge in [0.2, 0.25) is 5.91 Å². The Morgan fingerprint density at radius 1 is 1.00 bits per heavy atom. The number of benzene rings is 3. The van der Waals surface area contributed by atoms with Crippen molar-refractivity contribution in [1.82, 2.24) is 0 Å². The van der Waals surface area contributed by atoms with Crippen LogP contribution >= 0.6 is 34.8 Å². The summed E-state index contributed by atoms with van der Waals surface area (Å²) >= 11 is 18.8. The highest BCUT2D eigenvalue weighted by molar-refractivity contribution is 6.53. The Morgan fingerprint density at radius 2 is 1.68 bits per heavy atom. The van der Waals surface area contributed by atoms with Crippen molar-refractivity contribution in [3.05, 3.63) is 87.7 Å². The summed E-state index contributed by atoms with van der Waals surface area (Å²) in [6.45, 7) is 3.21.